The molecule has 1 aliphatic carbocycles. The van der Waals surface area contributed by atoms with Gasteiger partial charge in [0.2, 0.25) is 5.60 Å². The second kappa shape index (κ2) is 3.92. The molecule has 0 aromatic carbocycles. The Bertz CT molecular complexity index is 618. The normalized spacial score (nSPS) is 60.0. The number of hydrogen-bond acceptors (Lipinski definition) is 9. The lowest BCUT2D eigenvalue weighted by atomic mass is 9.54. The highest BCUT2D eigenvalue weighted by Crippen LogP contribution is 2.58. The van der Waals surface area contributed by atoms with E-state index in [9.17, 15) is 35.4 Å². The lowest BCUT2D eigenvalue weighted by molar-refractivity contribution is -0.542. The molecule has 5 fully saturated rings. The highest BCUT2D eigenvalue weighted by molar-refractivity contribution is 5.83. The van der Waals surface area contributed by atoms with Crippen molar-refractivity contribution in [3.63, 3.8) is 0 Å². The molecule has 12 heteroatoms. The Kier molecular flexibility index (Phi) is 2.56. The third-order valence-corrected chi connectivity index (χ3v) is 5.23. The van der Waals surface area contributed by atoms with Gasteiger partial charge in [-0.15, -0.1) is 0 Å². The number of rotatable bonds is 1. The van der Waals surface area contributed by atoms with Crippen LogP contribution in [0.1, 0.15) is 0 Å². The van der Waals surface area contributed by atoms with Crippen molar-refractivity contribution in [2.75, 3.05) is 0 Å². The van der Waals surface area contributed by atoms with Gasteiger partial charge in [-0.25, -0.2) is 4.79 Å². The highest BCUT2D eigenvalue weighted by Gasteiger charge is 2.84. The van der Waals surface area contributed by atoms with E-state index in [1.807, 2.05) is 0 Å². The minimum atomic E-state index is -2.77. The Morgan fingerprint density at radius 1 is 1.17 bits per heavy atom. The molecule has 0 aromatic rings. The van der Waals surface area contributed by atoms with E-state index in [-0.39, 0.29) is 0 Å². The van der Waals surface area contributed by atoms with Crippen LogP contribution in [0.2, 0.25) is 0 Å². The molecule has 1 unspecified atom stereocenters. The van der Waals surface area contributed by atoms with Crippen LogP contribution in [-0.2, 0) is 14.3 Å². The Hall–Kier alpha value is -1.54. The third-order valence-electron chi connectivity index (χ3n) is 5.23. The number of aliphatic carboxylic acids is 1. The lowest BCUT2D eigenvalue weighted by Gasteiger charge is -2.71. The lowest BCUT2D eigenvalue weighted by Crippen LogP contribution is -2.97. The molecule has 1 saturated carbocycles. The summed E-state index contributed by atoms with van der Waals surface area (Å²) in [6.07, 6.45) is -9.03. The molecule has 4 bridgehead atoms. The standard InChI is InChI=1S/C11H15N3O9/c12-8-13-5(16)1-3-10(20,7(18)19)4-2(15)9(1,14-8)6(17)11(21,22-3)23-4/h1-6,15-17,20-21H,(H,18,19)(H3,12,13,14)/t1-,2?,3-,4+,5-,6+,9-,10+,11+/m1/s1. The summed E-state index contributed by atoms with van der Waals surface area (Å²) in [5.74, 6) is -6.34. The number of carboxylic acid groups (broad SMARTS) is 1. The van der Waals surface area contributed by atoms with Crippen LogP contribution in [-0.4, -0.2) is 90.3 Å². The van der Waals surface area contributed by atoms with E-state index in [0.29, 0.717) is 0 Å². The van der Waals surface area contributed by atoms with Gasteiger partial charge in [0.15, 0.2) is 12.1 Å². The van der Waals surface area contributed by atoms with Crippen LogP contribution in [0.3, 0.4) is 0 Å². The monoisotopic (exact) mass is 333 g/mol. The average Bonchev–Trinajstić information content (AvgIpc) is 2.44. The van der Waals surface area contributed by atoms with Crippen LogP contribution < -0.4 is 10.6 Å². The van der Waals surface area contributed by atoms with Gasteiger partial charge in [0, 0.05) is 0 Å². The van der Waals surface area contributed by atoms with E-state index in [2.05, 4.69) is 10.6 Å². The fourth-order valence-corrected chi connectivity index (χ4v) is 4.24. The van der Waals surface area contributed by atoms with Crippen LogP contribution in [0.4, 0.5) is 0 Å². The van der Waals surface area contributed by atoms with Gasteiger partial charge in [0.25, 0.3) is 0 Å². The van der Waals surface area contributed by atoms with Crippen molar-refractivity contribution in [3.8, 4) is 0 Å². The molecule has 0 amide bonds. The Morgan fingerprint density at radius 3 is 2.39 bits per heavy atom. The van der Waals surface area contributed by atoms with Crippen molar-refractivity contribution in [1.29, 1.82) is 5.41 Å². The molecule has 5 rings (SSSR count). The molecule has 0 aromatic heterocycles. The van der Waals surface area contributed by atoms with Crippen LogP contribution >= 0.6 is 0 Å². The van der Waals surface area contributed by atoms with E-state index in [1.165, 1.54) is 0 Å². The van der Waals surface area contributed by atoms with Gasteiger partial charge >= 0.3 is 11.9 Å². The summed E-state index contributed by atoms with van der Waals surface area (Å²) in [6.45, 7) is 0. The van der Waals surface area contributed by atoms with Gasteiger partial charge < -0.3 is 50.7 Å². The zero-order valence-electron chi connectivity index (χ0n) is 11.4. The highest BCUT2D eigenvalue weighted by atomic mass is 16.9. The summed E-state index contributed by atoms with van der Waals surface area (Å²) in [4.78, 5) is 11.6. The fraction of sp³-hybridized carbons (Fsp3) is 0.818. The quantitative estimate of drug-likeness (QED) is 0.222. The van der Waals surface area contributed by atoms with E-state index >= 15 is 0 Å². The Balaban J connectivity index is 1.95. The molecular formula is C11H15N3O9. The predicted octanol–water partition coefficient (Wildman–Crippen LogP) is -5.22. The van der Waals surface area contributed by atoms with Crippen LogP contribution in [0.25, 0.3) is 0 Å². The van der Waals surface area contributed by atoms with Crippen molar-refractivity contribution in [3.05, 3.63) is 0 Å². The van der Waals surface area contributed by atoms with Gasteiger partial charge in [-0.3, -0.25) is 5.41 Å². The van der Waals surface area contributed by atoms with Crippen molar-refractivity contribution < 1.29 is 44.9 Å². The van der Waals surface area contributed by atoms with Crippen molar-refractivity contribution in [2.45, 2.75) is 47.8 Å². The number of ether oxygens (including phenoxy) is 2. The molecule has 128 valence electrons. The number of aliphatic hydroxyl groups excluding tert-OH is 3. The van der Waals surface area contributed by atoms with Crippen molar-refractivity contribution in [2.24, 2.45) is 5.92 Å². The maximum absolute atomic E-state index is 11.6. The topological polar surface area (TPSA) is 205 Å². The molecule has 23 heavy (non-hydrogen) atoms. The minimum Gasteiger partial charge on any atom is -0.479 e. The summed E-state index contributed by atoms with van der Waals surface area (Å²) in [6, 6.07) is 0. The Labute approximate surface area is 127 Å². The molecule has 0 radical (unpaired) electrons. The maximum Gasteiger partial charge on any atom is 0.341 e. The molecule has 4 saturated heterocycles. The van der Waals surface area contributed by atoms with E-state index < -0.39 is 65.6 Å². The van der Waals surface area contributed by atoms with Crippen molar-refractivity contribution in [1.82, 2.24) is 10.6 Å². The predicted molar refractivity (Wildman–Crippen MR) is 65.5 cm³/mol. The number of aliphatic hydroxyl groups is 5. The molecule has 9 atom stereocenters. The number of carbonyl (C=O) groups is 1. The zero-order chi connectivity index (χ0) is 16.9. The summed E-state index contributed by atoms with van der Waals surface area (Å²) in [7, 11) is 0. The summed E-state index contributed by atoms with van der Waals surface area (Å²) < 4.78 is 9.97. The van der Waals surface area contributed by atoms with Crippen molar-refractivity contribution >= 4 is 11.9 Å². The SMILES string of the molecule is N=C1N[C@H](O)[C@H]2[C@H]3O[C@]4(O)O[C@@H](C(O)[C@@]2(N1)[C@@H]4O)[C@]3(O)C(=O)O. The van der Waals surface area contributed by atoms with Crippen LogP contribution in [0, 0.1) is 11.3 Å². The summed E-state index contributed by atoms with van der Waals surface area (Å²) in [5.41, 5.74) is -4.71. The molecule has 9 N–H and O–H groups in total. The average molecular weight is 333 g/mol. The maximum atomic E-state index is 11.6. The third kappa shape index (κ3) is 1.37. The first kappa shape index (κ1) is 15.0. The minimum absolute atomic E-state index is 0.462. The molecular weight excluding hydrogens is 318 g/mol. The number of carboxylic acids is 1. The van der Waals surface area contributed by atoms with Crippen LogP contribution in [0.15, 0.2) is 0 Å². The molecule has 1 spiro atoms. The van der Waals surface area contributed by atoms with Gasteiger partial charge in [-0.05, 0) is 0 Å². The van der Waals surface area contributed by atoms with E-state index in [1.54, 1.807) is 0 Å². The molecule has 4 heterocycles. The second-order valence-corrected chi connectivity index (χ2v) is 6.23. The van der Waals surface area contributed by atoms with Gasteiger partial charge in [0.05, 0.1) is 5.92 Å². The van der Waals surface area contributed by atoms with Gasteiger partial charge in [-0.1, -0.05) is 0 Å². The largest absolute Gasteiger partial charge is 0.479 e. The van der Waals surface area contributed by atoms with Crippen LogP contribution in [0.5, 0.6) is 0 Å². The van der Waals surface area contributed by atoms with Gasteiger partial charge in [0.1, 0.15) is 30.1 Å². The number of guanidine groups is 1. The first-order valence-corrected chi connectivity index (χ1v) is 6.80. The Morgan fingerprint density at radius 2 is 1.78 bits per heavy atom. The zero-order valence-corrected chi connectivity index (χ0v) is 11.4. The summed E-state index contributed by atoms with van der Waals surface area (Å²) >= 11 is 0. The molecule has 4 aliphatic heterocycles. The smallest absolute Gasteiger partial charge is 0.341 e. The molecule has 12 nitrogen and oxygen atoms in total. The van der Waals surface area contributed by atoms with E-state index in [0.717, 1.165) is 0 Å². The fourth-order valence-electron chi connectivity index (χ4n) is 4.24. The van der Waals surface area contributed by atoms with Gasteiger partial charge in [-0.2, -0.15) is 0 Å². The second-order valence-electron chi connectivity index (χ2n) is 6.23. The first-order valence-electron chi connectivity index (χ1n) is 6.80. The first-order chi connectivity index (χ1) is 10.6. The van der Waals surface area contributed by atoms with E-state index in [4.69, 9.17) is 14.9 Å². The number of nitrogens with one attached hydrogen (secondary N) is 3. The summed E-state index contributed by atoms with van der Waals surface area (Å²) in [5, 5.41) is 73.6. The number of hydrogen-bond donors (Lipinski definition) is 9. The molecule has 5 aliphatic rings.